The van der Waals surface area contributed by atoms with E-state index in [1.807, 2.05) is 39.8 Å². The van der Waals surface area contributed by atoms with Crippen molar-refractivity contribution in [3.8, 4) is 34.5 Å². The van der Waals surface area contributed by atoms with Crippen LogP contribution in [-0.2, 0) is 94.2 Å². The number of fused-ring (bicyclic) bond motifs is 1. The summed E-state index contributed by atoms with van der Waals surface area (Å²) in [6, 6.07) is 6.96. The summed E-state index contributed by atoms with van der Waals surface area (Å²) < 4.78 is 35.0. The van der Waals surface area contributed by atoms with E-state index in [2.05, 4.69) is 51.0 Å². The number of ketones is 1. The number of ether oxygens (including phenoxy) is 6. The zero-order valence-corrected chi connectivity index (χ0v) is 59.9. The molecule has 1 aromatic heterocycles. The van der Waals surface area contributed by atoms with Crippen LogP contribution in [0.15, 0.2) is 45.3 Å². The van der Waals surface area contributed by atoms with Gasteiger partial charge < -0.3 is 58.4 Å². The lowest BCUT2D eigenvalue weighted by atomic mass is 9.80. The predicted octanol–water partition coefficient (Wildman–Crippen LogP) is 16.3. The molecule has 19 heteroatoms. The normalized spacial score (nSPS) is 11.9. The fraction of sp³-hybridized carbons (Fsp3) is 0.592. The molecule has 0 radical (unpaired) electrons. The second-order valence-corrected chi connectivity index (χ2v) is 22.9. The van der Waals surface area contributed by atoms with Gasteiger partial charge in [-0.3, -0.25) is 9.59 Å². The summed E-state index contributed by atoms with van der Waals surface area (Å²) >= 11 is 0. The molecule has 5 N–H and O–H groups in total. The van der Waals surface area contributed by atoms with Crippen molar-refractivity contribution in [2.75, 3.05) is 33.0 Å². The van der Waals surface area contributed by atoms with Crippen molar-refractivity contribution in [1.29, 1.82) is 0 Å². The Kier molecular flexibility index (Phi) is 43.0. The monoisotopic (exact) mass is 1330 g/mol. The summed E-state index contributed by atoms with van der Waals surface area (Å²) in [6.07, 6.45) is 20.4. The molecule has 532 valence electrons. The number of phenolic OH excluding ortho intramolecular Hbond substituents is 5. The Balaban J connectivity index is 0.000000627. The molecule has 2 heterocycles. The first kappa shape index (κ1) is 85.2. The lowest BCUT2D eigenvalue weighted by molar-refractivity contribution is -0.147. The number of Topliss-reactive ketones (excluding diaryl/α,β-unsaturated/α-hetero) is 1. The standard InChI is InChI=1S/C27H36O5.2C15H22O4.C10H16O5.C9H18O/c1-5-9-16-13-21(26(31)18(11-7-3)24(16)29)20-15-23(28)32-27-19(12-8-4)25(30)17(10-6-2)14-22(20)27;1-4-7-10-9-12(15(18)19-6-3)14(17)11(8-5-2)13(10)16;1-4-7-9-13-11(8-5-2)10-12(15(17)19-13)14(16)18-6-3;1-4-13-7-8(9(11)14-5-2)10(12)15-6-3;1-3-5-7-9(10)8-6-4-2/h13-14,20,29-31H,5-12,15H2,1-4H3;9,16-17H,4-8H2,1-3H3;10H,4-9H2,1-3H3;7H,4-6H2,1-3H3;3-8H2,1-2H3. The number of unbranched alkanes of at least 4 members (excludes halogenated alkanes) is 3. The second-order valence-electron chi connectivity index (χ2n) is 22.9. The fourth-order valence-electron chi connectivity index (χ4n) is 10.5. The summed E-state index contributed by atoms with van der Waals surface area (Å²) in [4.78, 5) is 81.5. The van der Waals surface area contributed by atoms with E-state index in [9.17, 15) is 59.1 Å². The summed E-state index contributed by atoms with van der Waals surface area (Å²) in [5.41, 5.74) is 5.76. The van der Waals surface area contributed by atoms with E-state index in [0.29, 0.717) is 83.8 Å². The van der Waals surface area contributed by atoms with Crippen LogP contribution in [0.25, 0.3) is 0 Å². The highest BCUT2D eigenvalue weighted by atomic mass is 16.6. The van der Waals surface area contributed by atoms with Gasteiger partial charge in [-0.1, -0.05) is 133 Å². The van der Waals surface area contributed by atoms with E-state index >= 15 is 0 Å². The number of esters is 5. The highest BCUT2D eigenvalue weighted by Crippen LogP contribution is 2.50. The quantitative estimate of drug-likeness (QED) is 0.00552. The molecular formula is C76H114O19. The Bertz CT molecular complexity index is 3080. The maximum absolute atomic E-state index is 12.7. The molecule has 0 spiro atoms. The van der Waals surface area contributed by atoms with E-state index in [1.54, 1.807) is 40.7 Å². The molecular weight excluding hydrogens is 1220 g/mol. The molecule has 3 aromatic carbocycles. The van der Waals surface area contributed by atoms with Gasteiger partial charge in [0.25, 0.3) is 0 Å². The van der Waals surface area contributed by atoms with Gasteiger partial charge in [-0.25, -0.2) is 24.0 Å². The molecule has 4 aromatic rings. The zero-order chi connectivity index (χ0) is 71.6. The van der Waals surface area contributed by atoms with Crippen LogP contribution >= 0.6 is 0 Å². The number of carbonyl (C=O) groups is 6. The van der Waals surface area contributed by atoms with E-state index in [4.69, 9.17) is 23.4 Å². The number of hydrogen-bond acceptors (Lipinski definition) is 19. The Morgan fingerprint density at radius 2 is 0.853 bits per heavy atom. The average Bonchev–Trinajstić information content (AvgIpc) is 0.755. The molecule has 0 aliphatic carbocycles. The first-order chi connectivity index (χ1) is 45.5. The van der Waals surface area contributed by atoms with E-state index in [0.717, 1.165) is 144 Å². The van der Waals surface area contributed by atoms with Crippen molar-refractivity contribution in [3.63, 3.8) is 0 Å². The van der Waals surface area contributed by atoms with Crippen LogP contribution in [0, 0.1) is 0 Å². The molecule has 0 saturated heterocycles. The molecule has 1 unspecified atom stereocenters. The average molecular weight is 1330 g/mol. The van der Waals surface area contributed by atoms with Crippen molar-refractivity contribution in [2.45, 2.75) is 264 Å². The molecule has 5 rings (SSSR count). The van der Waals surface area contributed by atoms with Gasteiger partial charge >= 0.3 is 35.5 Å². The Hall–Kier alpha value is -7.83. The lowest BCUT2D eigenvalue weighted by Crippen LogP contribution is -2.23. The van der Waals surface area contributed by atoms with Crippen LogP contribution in [0.3, 0.4) is 0 Å². The van der Waals surface area contributed by atoms with E-state index < -0.39 is 29.5 Å². The number of aryl methyl sites for hydroxylation is 5. The lowest BCUT2D eigenvalue weighted by Gasteiger charge is -2.30. The molecule has 0 bridgehead atoms. The van der Waals surface area contributed by atoms with Gasteiger partial charge in [-0.05, 0) is 145 Å². The zero-order valence-electron chi connectivity index (χ0n) is 59.9. The van der Waals surface area contributed by atoms with Crippen LogP contribution in [0.2, 0.25) is 0 Å². The molecule has 0 amide bonds. The van der Waals surface area contributed by atoms with Crippen LogP contribution in [-0.4, -0.2) is 94.2 Å². The van der Waals surface area contributed by atoms with Crippen molar-refractivity contribution < 1.29 is 87.1 Å². The largest absolute Gasteiger partial charge is 0.507 e. The van der Waals surface area contributed by atoms with Gasteiger partial charge in [0.15, 0.2) is 5.57 Å². The molecule has 0 saturated carbocycles. The third-order valence-corrected chi connectivity index (χ3v) is 15.1. The first-order valence-electron chi connectivity index (χ1n) is 34.9. The first-order valence-corrected chi connectivity index (χ1v) is 34.9. The summed E-state index contributed by atoms with van der Waals surface area (Å²) in [5.74, 6) is -1.37. The number of benzene rings is 3. The van der Waals surface area contributed by atoms with Gasteiger partial charge in [0.1, 0.15) is 63.4 Å². The topological polar surface area (TPSA) is 289 Å². The van der Waals surface area contributed by atoms with Crippen LogP contribution in [0.5, 0.6) is 34.5 Å². The highest BCUT2D eigenvalue weighted by molar-refractivity contribution is 6.13. The number of aromatic hydroxyl groups is 5. The molecule has 1 aliphatic heterocycles. The number of rotatable bonds is 34. The van der Waals surface area contributed by atoms with E-state index in [-0.39, 0.29) is 90.2 Å². The molecule has 0 fully saturated rings. The van der Waals surface area contributed by atoms with Crippen LogP contribution in [0.4, 0.5) is 0 Å². The SMILES string of the molecule is CCCCC(=O)CCCC.CCCCc1oc(=O)c(C(=O)OCC)cc1CCC.CCCc1cc(C(=O)OCC)c(O)c(CCC)c1O.CCCc1cc(C2CC(=O)Oc3c2cc(CCC)c(O)c3CCC)c(O)c(CCC)c1O.CCOC=C(C(=O)OCC)C(=O)OCC. The number of hydrogen-bond donors (Lipinski definition) is 5. The number of phenols is 5. The second kappa shape index (κ2) is 48.0. The summed E-state index contributed by atoms with van der Waals surface area (Å²) in [7, 11) is 0. The highest BCUT2D eigenvalue weighted by Gasteiger charge is 2.35. The molecule has 19 nitrogen and oxygen atoms in total. The maximum Gasteiger partial charge on any atom is 0.350 e. The Labute approximate surface area is 565 Å². The third kappa shape index (κ3) is 27.4. The van der Waals surface area contributed by atoms with Gasteiger partial charge in [0.05, 0.1) is 39.5 Å². The Morgan fingerprint density at radius 3 is 1.31 bits per heavy atom. The van der Waals surface area contributed by atoms with Gasteiger partial charge in [0.2, 0.25) is 0 Å². The van der Waals surface area contributed by atoms with Gasteiger partial charge in [0, 0.05) is 53.0 Å². The summed E-state index contributed by atoms with van der Waals surface area (Å²) in [5, 5.41) is 53.2. The predicted molar refractivity (Wildman–Crippen MR) is 370 cm³/mol. The summed E-state index contributed by atoms with van der Waals surface area (Å²) in [6.45, 7) is 30.2. The molecule has 1 atom stereocenters. The third-order valence-electron chi connectivity index (χ3n) is 15.1. The van der Waals surface area contributed by atoms with Crippen molar-refractivity contribution >= 4 is 35.6 Å². The number of carbonyl (C=O) groups excluding carboxylic acids is 6. The maximum atomic E-state index is 12.7. The Morgan fingerprint density at radius 1 is 0.442 bits per heavy atom. The minimum atomic E-state index is -0.732. The van der Waals surface area contributed by atoms with Crippen molar-refractivity contribution in [2.24, 2.45) is 0 Å². The molecule has 95 heavy (non-hydrogen) atoms. The van der Waals surface area contributed by atoms with E-state index in [1.165, 1.54) is 6.07 Å². The van der Waals surface area contributed by atoms with Gasteiger partial charge in [-0.15, -0.1) is 0 Å². The van der Waals surface area contributed by atoms with Crippen LogP contribution in [0.1, 0.15) is 289 Å². The minimum absolute atomic E-state index is 0.00514. The van der Waals surface area contributed by atoms with Crippen LogP contribution < -0.4 is 10.4 Å². The minimum Gasteiger partial charge on any atom is -0.507 e. The fourth-order valence-corrected chi connectivity index (χ4v) is 10.5. The van der Waals surface area contributed by atoms with Gasteiger partial charge in [-0.2, -0.15) is 0 Å². The molecule has 1 aliphatic rings. The van der Waals surface area contributed by atoms with Crippen molar-refractivity contribution in [3.05, 3.63) is 113 Å². The van der Waals surface area contributed by atoms with Crippen molar-refractivity contribution in [1.82, 2.24) is 0 Å². The smallest absolute Gasteiger partial charge is 0.350 e.